The normalized spacial score (nSPS) is 11.4. The number of nitrogens with two attached hydrogens (primary N) is 1. The number of carbonyl (C=O) groups excluding carboxylic acids is 1. The molecule has 0 radical (unpaired) electrons. The minimum Gasteiger partial charge on any atom is -0.409 e. The summed E-state index contributed by atoms with van der Waals surface area (Å²) in [7, 11) is 0. The summed E-state index contributed by atoms with van der Waals surface area (Å²) in [5, 5.41) is 13.7. The lowest BCUT2D eigenvalue weighted by atomic mass is 10.3. The van der Waals surface area contributed by atoms with Crippen molar-refractivity contribution < 1.29 is 14.7 Å². The number of amidine groups is 1. The molecule has 0 heterocycles. The minimum absolute atomic E-state index is 0.0947. The Kier molecular flexibility index (Phi) is 8.46. The summed E-state index contributed by atoms with van der Waals surface area (Å²) < 4.78 is 5.04. The Morgan fingerprint density at radius 3 is 2.93 bits per heavy atom. The SMILES string of the molecule is CCCOCC(=O)NCCCC(N)=NO. The summed E-state index contributed by atoms with van der Waals surface area (Å²) in [6, 6.07) is 0. The van der Waals surface area contributed by atoms with E-state index in [-0.39, 0.29) is 18.3 Å². The van der Waals surface area contributed by atoms with Crippen molar-refractivity contribution in [2.75, 3.05) is 19.8 Å². The third kappa shape index (κ3) is 9.01. The van der Waals surface area contributed by atoms with Gasteiger partial charge in [0, 0.05) is 19.6 Å². The second-order valence-electron chi connectivity index (χ2n) is 3.10. The number of hydrogen-bond donors (Lipinski definition) is 3. The van der Waals surface area contributed by atoms with Crippen molar-refractivity contribution >= 4 is 11.7 Å². The standard InChI is InChI=1S/C9H19N3O3/c1-2-6-15-7-9(13)11-5-3-4-8(10)12-14/h14H,2-7H2,1H3,(H2,10,12)(H,11,13). The predicted octanol–water partition coefficient (Wildman–Crippen LogP) is 0.0558. The van der Waals surface area contributed by atoms with Crippen LogP contribution in [-0.4, -0.2) is 36.7 Å². The van der Waals surface area contributed by atoms with Gasteiger partial charge in [0.05, 0.1) is 0 Å². The molecule has 0 aromatic rings. The number of carbonyl (C=O) groups is 1. The monoisotopic (exact) mass is 217 g/mol. The van der Waals surface area contributed by atoms with Gasteiger partial charge in [0.1, 0.15) is 12.4 Å². The van der Waals surface area contributed by atoms with E-state index in [0.29, 0.717) is 26.0 Å². The maximum absolute atomic E-state index is 11.1. The summed E-state index contributed by atoms with van der Waals surface area (Å²) in [6.45, 7) is 3.17. The molecule has 0 spiro atoms. The van der Waals surface area contributed by atoms with Crippen LogP contribution in [0.4, 0.5) is 0 Å². The van der Waals surface area contributed by atoms with Crippen LogP contribution in [-0.2, 0) is 9.53 Å². The van der Waals surface area contributed by atoms with E-state index in [2.05, 4.69) is 10.5 Å². The molecule has 0 saturated carbocycles. The topological polar surface area (TPSA) is 96.9 Å². The Balaban J connectivity index is 3.31. The first kappa shape index (κ1) is 13.7. The molecule has 0 unspecified atom stereocenters. The molecule has 4 N–H and O–H groups in total. The van der Waals surface area contributed by atoms with Gasteiger partial charge in [0.25, 0.3) is 0 Å². The Hall–Kier alpha value is -1.30. The van der Waals surface area contributed by atoms with Gasteiger partial charge in [-0.15, -0.1) is 0 Å². The van der Waals surface area contributed by atoms with Gasteiger partial charge in [-0.3, -0.25) is 4.79 Å². The van der Waals surface area contributed by atoms with Crippen LogP contribution in [0.3, 0.4) is 0 Å². The zero-order valence-electron chi connectivity index (χ0n) is 9.03. The molecule has 0 rings (SSSR count). The summed E-state index contributed by atoms with van der Waals surface area (Å²) >= 11 is 0. The van der Waals surface area contributed by atoms with Gasteiger partial charge in [-0.1, -0.05) is 12.1 Å². The molecular weight excluding hydrogens is 198 g/mol. The molecule has 0 aliphatic carbocycles. The lowest BCUT2D eigenvalue weighted by Gasteiger charge is -2.04. The molecule has 15 heavy (non-hydrogen) atoms. The molecule has 0 aliphatic rings. The molecule has 6 nitrogen and oxygen atoms in total. The van der Waals surface area contributed by atoms with Gasteiger partial charge >= 0.3 is 0 Å². The van der Waals surface area contributed by atoms with Crippen LogP contribution in [0, 0.1) is 0 Å². The first-order valence-electron chi connectivity index (χ1n) is 5.01. The van der Waals surface area contributed by atoms with Crippen molar-refractivity contribution in [3.05, 3.63) is 0 Å². The average Bonchev–Trinajstić information content (AvgIpc) is 2.24. The summed E-state index contributed by atoms with van der Waals surface area (Å²) in [5.41, 5.74) is 5.25. The van der Waals surface area contributed by atoms with Crippen LogP contribution in [0.2, 0.25) is 0 Å². The largest absolute Gasteiger partial charge is 0.409 e. The van der Waals surface area contributed by atoms with E-state index in [1.807, 2.05) is 6.92 Å². The second kappa shape index (κ2) is 9.26. The van der Waals surface area contributed by atoms with Crippen molar-refractivity contribution in [1.82, 2.24) is 5.32 Å². The van der Waals surface area contributed by atoms with Crippen molar-refractivity contribution in [3.63, 3.8) is 0 Å². The summed E-state index contributed by atoms with van der Waals surface area (Å²) in [6.07, 6.45) is 2.01. The van der Waals surface area contributed by atoms with Crippen LogP contribution < -0.4 is 11.1 Å². The van der Waals surface area contributed by atoms with Gasteiger partial charge in [0.15, 0.2) is 0 Å². The van der Waals surface area contributed by atoms with Crippen LogP contribution in [0.1, 0.15) is 26.2 Å². The van der Waals surface area contributed by atoms with E-state index in [1.54, 1.807) is 0 Å². The highest BCUT2D eigenvalue weighted by atomic mass is 16.5. The Labute approximate surface area is 89.5 Å². The smallest absolute Gasteiger partial charge is 0.245 e. The van der Waals surface area contributed by atoms with Crippen molar-refractivity contribution in [2.45, 2.75) is 26.2 Å². The fraction of sp³-hybridized carbons (Fsp3) is 0.778. The maximum atomic E-state index is 11.1. The molecule has 0 fully saturated rings. The minimum atomic E-state index is -0.136. The highest BCUT2D eigenvalue weighted by molar-refractivity contribution is 5.79. The molecular formula is C9H19N3O3. The van der Waals surface area contributed by atoms with E-state index >= 15 is 0 Å². The highest BCUT2D eigenvalue weighted by Gasteiger charge is 2.00. The quantitative estimate of drug-likeness (QED) is 0.176. The maximum Gasteiger partial charge on any atom is 0.245 e. The fourth-order valence-corrected chi connectivity index (χ4v) is 0.908. The third-order valence-corrected chi connectivity index (χ3v) is 1.64. The third-order valence-electron chi connectivity index (χ3n) is 1.64. The number of ether oxygens (including phenoxy) is 1. The van der Waals surface area contributed by atoms with Crippen LogP contribution >= 0.6 is 0 Å². The summed E-state index contributed by atoms with van der Waals surface area (Å²) in [5.74, 6) is 0.0365. The van der Waals surface area contributed by atoms with E-state index < -0.39 is 0 Å². The Morgan fingerprint density at radius 2 is 2.33 bits per heavy atom. The van der Waals surface area contributed by atoms with E-state index in [0.717, 1.165) is 6.42 Å². The molecule has 0 saturated heterocycles. The number of nitrogens with zero attached hydrogens (tertiary/aromatic N) is 1. The van der Waals surface area contributed by atoms with Gasteiger partial charge in [-0.05, 0) is 12.8 Å². The first-order chi connectivity index (χ1) is 7.20. The molecule has 0 aromatic heterocycles. The van der Waals surface area contributed by atoms with Gasteiger partial charge < -0.3 is 21.0 Å². The summed E-state index contributed by atoms with van der Waals surface area (Å²) in [4.78, 5) is 11.1. The van der Waals surface area contributed by atoms with E-state index in [4.69, 9.17) is 15.7 Å². The molecule has 6 heteroatoms. The van der Waals surface area contributed by atoms with Gasteiger partial charge in [-0.25, -0.2) is 0 Å². The van der Waals surface area contributed by atoms with Gasteiger partial charge in [-0.2, -0.15) is 0 Å². The van der Waals surface area contributed by atoms with E-state index in [9.17, 15) is 4.79 Å². The molecule has 0 aliphatic heterocycles. The fourth-order valence-electron chi connectivity index (χ4n) is 0.908. The average molecular weight is 217 g/mol. The number of hydrogen-bond acceptors (Lipinski definition) is 4. The zero-order valence-corrected chi connectivity index (χ0v) is 9.03. The molecule has 0 aromatic carbocycles. The lowest BCUT2D eigenvalue weighted by molar-refractivity contribution is -0.125. The van der Waals surface area contributed by atoms with Crippen molar-refractivity contribution in [1.29, 1.82) is 0 Å². The predicted molar refractivity (Wildman–Crippen MR) is 56.8 cm³/mol. The Morgan fingerprint density at radius 1 is 1.60 bits per heavy atom. The van der Waals surface area contributed by atoms with Gasteiger partial charge in [0.2, 0.25) is 5.91 Å². The number of oxime groups is 1. The number of amides is 1. The lowest BCUT2D eigenvalue weighted by Crippen LogP contribution is -2.29. The zero-order chi connectivity index (χ0) is 11.5. The second-order valence-corrected chi connectivity index (χ2v) is 3.10. The highest BCUT2D eigenvalue weighted by Crippen LogP contribution is 1.87. The Bertz CT molecular complexity index is 207. The molecule has 0 bridgehead atoms. The molecule has 1 amide bonds. The number of rotatable bonds is 8. The number of nitrogens with one attached hydrogen (secondary N) is 1. The molecule has 88 valence electrons. The van der Waals surface area contributed by atoms with Crippen LogP contribution in [0.5, 0.6) is 0 Å². The first-order valence-corrected chi connectivity index (χ1v) is 5.01. The van der Waals surface area contributed by atoms with Crippen molar-refractivity contribution in [2.24, 2.45) is 10.9 Å². The molecule has 0 atom stereocenters. The van der Waals surface area contributed by atoms with Crippen LogP contribution in [0.25, 0.3) is 0 Å². The van der Waals surface area contributed by atoms with Crippen molar-refractivity contribution in [3.8, 4) is 0 Å². The van der Waals surface area contributed by atoms with E-state index in [1.165, 1.54) is 0 Å². The van der Waals surface area contributed by atoms with Crippen LogP contribution in [0.15, 0.2) is 5.16 Å².